The lowest BCUT2D eigenvalue weighted by atomic mass is 9.83. The number of ether oxygens (including phenoxy) is 1. The van der Waals surface area contributed by atoms with E-state index in [2.05, 4.69) is 30.9 Å². The standard InChI is InChI=1S/C20H26N2O3/c1-20(2)15-8-5-6-9-16(15)21(3)18(20)12-14(23)13-22-11-7-10-17(22)19(24)25-4/h5-6,8-9,12,17H,7,10-11,13H2,1-4H3/b18-12+. The minimum atomic E-state index is -0.293. The van der Waals surface area contributed by atoms with E-state index in [1.54, 1.807) is 6.08 Å². The Kier molecular flexibility index (Phi) is 4.69. The molecule has 1 saturated heterocycles. The zero-order valence-electron chi connectivity index (χ0n) is 15.4. The lowest BCUT2D eigenvalue weighted by Gasteiger charge is -2.25. The second-order valence-electron chi connectivity index (χ2n) is 7.35. The molecule has 0 N–H and O–H groups in total. The Balaban J connectivity index is 1.79. The highest BCUT2D eigenvalue weighted by Gasteiger charge is 2.39. The van der Waals surface area contributed by atoms with Crippen molar-refractivity contribution in [2.75, 3.05) is 32.1 Å². The number of esters is 1. The number of ketones is 1. The lowest BCUT2D eigenvalue weighted by Crippen LogP contribution is -2.40. The average Bonchev–Trinajstić information content (AvgIpc) is 3.12. The predicted molar refractivity (Wildman–Crippen MR) is 97.6 cm³/mol. The third-order valence-corrected chi connectivity index (χ3v) is 5.43. The van der Waals surface area contributed by atoms with Crippen molar-refractivity contribution in [1.82, 2.24) is 4.90 Å². The van der Waals surface area contributed by atoms with Gasteiger partial charge in [-0.25, -0.2) is 0 Å². The molecule has 1 aromatic rings. The van der Waals surface area contributed by atoms with Crippen molar-refractivity contribution in [2.45, 2.75) is 38.1 Å². The van der Waals surface area contributed by atoms with E-state index in [9.17, 15) is 9.59 Å². The molecule has 5 nitrogen and oxygen atoms in total. The molecule has 1 aromatic carbocycles. The fourth-order valence-corrected chi connectivity index (χ4v) is 4.08. The molecule has 2 aliphatic rings. The number of rotatable bonds is 4. The number of carbonyl (C=O) groups excluding carboxylic acids is 2. The number of allylic oxidation sites excluding steroid dienone is 1. The van der Waals surface area contributed by atoms with Crippen LogP contribution in [0.3, 0.4) is 0 Å². The monoisotopic (exact) mass is 342 g/mol. The minimum Gasteiger partial charge on any atom is -0.468 e. The molecule has 0 spiro atoms. The largest absolute Gasteiger partial charge is 0.468 e. The first kappa shape index (κ1) is 17.7. The number of nitrogens with zero attached hydrogens (tertiary/aromatic N) is 2. The van der Waals surface area contributed by atoms with E-state index in [-0.39, 0.29) is 29.8 Å². The highest BCUT2D eigenvalue weighted by molar-refractivity contribution is 5.94. The summed E-state index contributed by atoms with van der Waals surface area (Å²) >= 11 is 0. The van der Waals surface area contributed by atoms with Gasteiger partial charge >= 0.3 is 5.97 Å². The van der Waals surface area contributed by atoms with Gasteiger partial charge in [0.1, 0.15) is 6.04 Å². The van der Waals surface area contributed by atoms with Crippen LogP contribution in [-0.4, -0.2) is 49.9 Å². The van der Waals surface area contributed by atoms with Crippen molar-refractivity contribution >= 4 is 17.4 Å². The zero-order chi connectivity index (χ0) is 18.2. The first-order valence-corrected chi connectivity index (χ1v) is 8.76. The Morgan fingerprint density at radius 2 is 2.04 bits per heavy atom. The van der Waals surface area contributed by atoms with Crippen LogP contribution in [0.15, 0.2) is 36.0 Å². The van der Waals surface area contributed by atoms with Crippen LogP contribution in [0.25, 0.3) is 0 Å². The molecule has 1 fully saturated rings. The van der Waals surface area contributed by atoms with Crippen LogP contribution >= 0.6 is 0 Å². The van der Waals surface area contributed by atoms with E-state index < -0.39 is 0 Å². The van der Waals surface area contributed by atoms with Gasteiger partial charge in [0.25, 0.3) is 0 Å². The molecule has 134 valence electrons. The molecule has 1 atom stereocenters. The maximum atomic E-state index is 12.7. The maximum Gasteiger partial charge on any atom is 0.323 e. The summed E-state index contributed by atoms with van der Waals surface area (Å²) in [5, 5.41) is 0. The van der Waals surface area contributed by atoms with Gasteiger partial charge in [-0.15, -0.1) is 0 Å². The number of anilines is 1. The quantitative estimate of drug-likeness (QED) is 0.622. The second-order valence-corrected chi connectivity index (χ2v) is 7.35. The Hall–Kier alpha value is -2.14. The molecule has 25 heavy (non-hydrogen) atoms. The lowest BCUT2D eigenvalue weighted by molar-refractivity contribution is -0.146. The summed E-state index contributed by atoms with van der Waals surface area (Å²) in [5.41, 5.74) is 3.14. The topological polar surface area (TPSA) is 49.9 Å². The van der Waals surface area contributed by atoms with Crippen LogP contribution in [0.4, 0.5) is 5.69 Å². The van der Waals surface area contributed by atoms with Gasteiger partial charge in [-0.3, -0.25) is 14.5 Å². The highest BCUT2D eigenvalue weighted by atomic mass is 16.5. The molecule has 1 unspecified atom stereocenters. The summed E-state index contributed by atoms with van der Waals surface area (Å²) in [4.78, 5) is 28.6. The van der Waals surface area contributed by atoms with E-state index in [4.69, 9.17) is 4.74 Å². The van der Waals surface area contributed by atoms with Crippen molar-refractivity contribution in [1.29, 1.82) is 0 Å². The smallest absolute Gasteiger partial charge is 0.323 e. The summed E-state index contributed by atoms with van der Waals surface area (Å²) in [5.74, 6) is -0.220. The SMILES string of the molecule is COC(=O)C1CCCN1CC(=O)/C=C1/N(C)c2ccccc2C1(C)C. The van der Waals surface area contributed by atoms with Crippen LogP contribution in [0.1, 0.15) is 32.3 Å². The second kappa shape index (κ2) is 6.64. The number of benzene rings is 1. The normalized spacial score (nSPS) is 23.8. The molecule has 0 radical (unpaired) electrons. The third kappa shape index (κ3) is 3.09. The van der Waals surface area contributed by atoms with Crippen LogP contribution in [0.5, 0.6) is 0 Å². The Morgan fingerprint density at radius 3 is 2.72 bits per heavy atom. The van der Waals surface area contributed by atoms with Crippen molar-refractivity contribution in [2.24, 2.45) is 0 Å². The van der Waals surface area contributed by atoms with Gasteiger partial charge in [0.05, 0.1) is 13.7 Å². The number of likely N-dealkylation sites (N-methyl/N-ethyl adjacent to an activating group) is 1. The fraction of sp³-hybridized carbons (Fsp3) is 0.500. The Morgan fingerprint density at radius 1 is 1.32 bits per heavy atom. The number of hydrogen-bond donors (Lipinski definition) is 0. The number of methoxy groups -OCH3 is 1. The van der Waals surface area contributed by atoms with Gasteiger partial charge in [0.15, 0.2) is 5.78 Å². The van der Waals surface area contributed by atoms with Crippen molar-refractivity contribution in [3.63, 3.8) is 0 Å². The van der Waals surface area contributed by atoms with Crippen LogP contribution in [0.2, 0.25) is 0 Å². The number of fused-ring (bicyclic) bond motifs is 1. The van der Waals surface area contributed by atoms with E-state index in [0.29, 0.717) is 0 Å². The molecule has 5 heteroatoms. The third-order valence-electron chi connectivity index (χ3n) is 5.43. The van der Waals surface area contributed by atoms with Gasteiger partial charge in [0, 0.05) is 29.9 Å². The summed E-state index contributed by atoms with van der Waals surface area (Å²) in [6.07, 6.45) is 3.42. The molecular formula is C20H26N2O3. The van der Waals surface area contributed by atoms with Gasteiger partial charge in [0.2, 0.25) is 0 Å². The molecule has 0 amide bonds. The summed E-state index contributed by atoms with van der Waals surface area (Å²) in [6, 6.07) is 7.95. The van der Waals surface area contributed by atoms with Crippen molar-refractivity contribution < 1.29 is 14.3 Å². The van der Waals surface area contributed by atoms with E-state index in [0.717, 1.165) is 30.8 Å². The fourth-order valence-electron chi connectivity index (χ4n) is 4.08. The number of hydrogen-bond acceptors (Lipinski definition) is 5. The average molecular weight is 342 g/mol. The molecule has 2 heterocycles. The summed E-state index contributed by atoms with van der Waals surface area (Å²) < 4.78 is 4.86. The van der Waals surface area contributed by atoms with Gasteiger partial charge < -0.3 is 9.64 Å². The Labute approximate surface area is 149 Å². The highest BCUT2D eigenvalue weighted by Crippen LogP contribution is 2.46. The maximum absolute atomic E-state index is 12.7. The Bertz CT molecular complexity index is 723. The molecule has 3 rings (SSSR count). The van der Waals surface area contributed by atoms with Crippen molar-refractivity contribution in [3.05, 3.63) is 41.6 Å². The van der Waals surface area contributed by atoms with Gasteiger partial charge in [-0.05, 0) is 31.0 Å². The van der Waals surface area contributed by atoms with Crippen LogP contribution in [0, 0.1) is 0 Å². The first-order valence-electron chi connectivity index (χ1n) is 8.76. The van der Waals surface area contributed by atoms with E-state index in [1.807, 2.05) is 24.1 Å². The van der Waals surface area contributed by atoms with Crippen LogP contribution < -0.4 is 4.90 Å². The summed E-state index contributed by atoms with van der Waals surface area (Å²) in [6.45, 7) is 5.29. The number of carbonyl (C=O) groups is 2. The first-order chi connectivity index (χ1) is 11.9. The predicted octanol–water partition coefficient (Wildman–Crippen LogP) is 2.50. The molecular weight excluding hydrogens is 316 g/mol. The number of para-hydroxylation sites is 1. The molecule has 0 bridgehead atoms. The molecule has 2 aliphatic heterocycles. The minimum absolute atomic E-state index is 0.0264. The van der Waals surface area contributed by atoms with Crippen molar-refractivity contribution in [3.8, 4) is 0 Å². The summed E-state index contributed by atoms with van der Waals surface area (Å²) in [7, 11) is 3.40. The van der Waals surface area contributed by atoms with Gasteiger partial charge in [-0.2, -0.15) is 0 Å². The van der Waals surface area contributed by atoms with Crippen LogP contribution in [-0.2, 0) is 19.7 Å². The van der Waals surface area contributed by atoms with E-state index in [1.165, 1.54) is 12.7 Å². The number of likely N-dealkylation sites (tertiary alicyclic amines) is 1. The molecule has 0 aromatic heterocycles. The van der Waals surface area contributed by atoms with Gasteiger partial charge in [-0.1, -0.05) is 32.0 Å². The van der Waals surface area contributed by atoms with E-state index >= 15 is 0 Å². The molecule has 0 aliphatic carbocycles. The molecule has 0 saturated carbocycles. The zero-order valence-corrected chi connectivity index (χ0v) is 15.4.